The Labute approximate surface area is 209 Å². The predicted molar refractivity (Wildman–Crippen MR) is 138 cm³/mol. The number of phenolic OH excluding ortho intramolecular Hbond substituents is 1. The summed E-state index contributed by atoms with van der Waals surface area (Å²) in [5, 5.41) is 9.95. The average molecular weight is 483 g/mol. The highest BCUT2D eigenvalue weighted by Gasteiger charge is 2.33. The highest BCUT2D eigenvalue weighted by Crippen LogP contribution is 2.47. The van der Waals surface area contributed by atoms with Crippen LogP contribution in [0.5, 0.6) is 11.5 Å². The van der Waals surface area contributed by atoms with Gasteiger partial charge in [0, 0.05) is 28.4 Å². The number of rotatable bonds is 7. The number of fused-ring (bicyclic) bond motifs is 1. The summed E-state index contributed by atoms with van der Waals surface area (Å²) in [7, 11) is 0. The molecule has 0 aromatic heterocycles. The van der Waals surface area contributed by atoms with Gasteiger partial charge in [-0.3, -0.25) is 4.79 Å². The Morgan fingerprint density at radius 2 is 1.60 bits per heavy atom. The number of ether oxygens (including phenoxy) is 2. The molecule has 2 atom stereocenters. The number of hydrogen-bond acceptors (Lipinski definition) is 5. The Balaban J connectivity index is 1.30. The van der Waals surface area contributed by atoms with Gasteiger partial charge < -0.3 is 14.6 Å². The van der Waals surface area contributed by atoms with Gasteiger partial charge in [-0.1, -0.05) is 78.9 Å². The summed E-state index contributed by atoms with van der Waals surface area (Å²) in [6.07, 6.45) is 0. The summed E-state index contributed by atoms with van der Waals surface area (Å²) >= 11 is 1.47. The fraction of sp³-hybridized carbons (Fsp3) is 0.167. The highest BCUT2D eigenvalue weighted by molar-refractivity contribution is 8.00. The van der Waals surface area contributed by atoms with Crippen molar-refractivity contribution in [2.45, 2.75) is 23.3 Å². The van der Waals surface area contributed by atoms with Crippen LogP contribution in [-0.2, 0) is 16.1 Å². The lowest BCUT2D eigenvalue weighted by atomic mass is 9.76. The topological polar surface area (TPSA) is 55.8 Å². The molecule has 5 heteroatoms. The van der Waals surface area contributed by atoms with Crippen molar-refractivity contribution in [3.8, 4) is 11.5 Å². The molecule has 0 radical (unpaired) electrons. The second-order valence-electron chi connectivity index (χ2n) is 8.53. The maximum atomic E-state index is 12.2. The summed E-state index contributed by atoms with van der Waals surface area (Å²) in [5.41, 5.74) is 4.43. The molecule has 176 valence electrons. The lowest BCUT2D eigenvalue weighted by molar-refractivity contribution is -0.141. The summed E-state index contributed by atoms with van der Waals surface area (Å²) in [6.45, 7) is 0.827. The number of esters is 1. The van der Waals surface area contributed by atoms with Gasteiger partial charge in [-0.15, -0.1) is 11.8 Å². The number of benzene rings is 4. The Hall–Kier alpha value is -3.70. The number of hydrogen-bond donors (Lipinski definition) is 1. The third-order valence-electron chi connectivity index (χ3n) is 6.22. The van der Waals surface area contributed by atoms with E-state index in [1.165, 1.54) is 22.9 Å². The van der Waals surface area contributed by atoms with Crippen LogP contribution in [0.15, 0.2) is 108 Å². The van der Waals surface area contributed by atoms with Gasteiger partial charge in [0.2, 0.25) is 0 Å². The number of carbonyl (C=O) groups excluding carboxylic acids is 1. The van der Waals surface area contributed by atoms with Gasteiger partial charge in [0.1, 0.15) is 18.1 Å². The highest BCUT2D eigenvalue weighted by atomic mass is 32.2. The minimum Gasteiger partial charge on any atom is -0.508 e. The van der Waals surface area contributed by atoms with E-state index in [9.17, 15) is 9.90 Å². The predicted octanol–water partition coefficient (Wildman–Crippen LogP) is 6.54. The van der Waals surface area contributed by atoms with Crippen LogP contribution < -0.4 is 4.74 Å². The molecule has 1 heterocycles. The van der Waals surface area contributed by atoms with E-state index >= 15 is 0 Å². The van der Waals surface area contributed by atoms with Crippen LogP contribution in [0.4, 0.5) is 0 Å². The van der Waals surface area contributed by atoms with Crippen LogP contribution in [0.3, 0.4) is 0 Å². The number of phenols is 1. The molecule has 0 spiro atoms. The average Bonchev–Trinajstić information content (AvgIpc) is 2.91. The van der Waals surface area contributed by atoms with Crippen molar-refractivity contribution >= 4 is 17.7 Å². The van der Waals surface area contributed by atoms with Crippen LogP contribution >= 0.6 is 11.8 Å². The first kappa shape index (κ1) is 23.1. The molecular formula is C30H26O4S. The molecule has 0 aliphatic carbocycles. The fourth-order valence-corrected chi connectivity index (χ4v) is 5.19. The standard InChI is InChI=1S/C30H26O4S/c31-24-13-16-26-28(17-24)33-19-27(22-9-5-2-6-10-22)30(26)23-11-14-25(15-12-23)35-20-29(32)34-18-21-7-3-1-4-8-21/h1-17,27,30-31H,18-20H2/t27-,30-/m1/s1. The van der Waals surface area contributed by atoms with E-state index in [4.69, 9.17) is 9.47 Å². The van der Waals surface area contributed by atoms with Crippen LogP contribution in [0.2, 0.25) is 0 Å². The van der Waals surface area contributed by atoms with Crippen molar-refractivity contribution in [3.63, 3.8) is 0 Å². The first-order valence-electron chi connectivity index (χ1n) is 11.6. The Kier molecular flexibility index (Phi) is 7.05. The lowest BCUT2D eigenvalue weighted by Crippen LogP contribution is -2.25. The molecule has 1 aliphatic heterocycles. The molecule has 0 saturated carbocycles. The molecule has 5 rings (SSSR count). The molecule has 4 nitrogen and oxygen atoms in total. The molecule has 1 aliphatic rings. The summed E-state index contributed by atoms with van der Waals surface area (Å²) < 4.78 is 11.4. The molecule has 4 aromatic rings. The van der Waals surface area contributed by atoms with Gasteiger partial charge in [-0.2, -0.15) is 0 Å². The number of aromatic hydroxyl groups is 1. The van der Waals surface area contributed by atoms with Crippen LogP contribution in [0.1, 0.15) is 34.1 Å². The zero-order chi connectivity index (χ0) is 24.0. The molecule has 1 N–H and O–H groups in total. The number of thioether (sulfide) groups is 1. The second kappa shape index (κ2) is 10.7. The number of carbonyl (C=O) groups is 1. The van der Waals surface area contributed by atoms with Crippen molar-refractivity contribution in [1.82, 2.24) is 0 Å². The van der Waals surface area contributed by atoms with E-state index in [2.05, 4.69) is 48.5 Å². The van der Waals surface area contributed by atoms with Crippen molar-refractivity contribution in [1.29, 1.82) is 0 Å². The largest absolute Gasteiger partial charge is 0.508 e. The first-order valence-corrected chi connectivity index (χ1v) is 12.6. The summed E-state index contributed by atoms with van der Waals surface area (Å²) in [4.78, 5) is 13.2. The van der Waals surface area contributed by atoms with Gasteiger partial charge in [0.05, 0.1) is 12.4 Å². The molecule has 0 saturated heterocycles. The maximum absolute atomic E-state index is 12.2. The maximum Gasteiger partial charge on any atom is 0.316 e. The Morgan fingerprint density at radius 3 is 2.34 bits per heavy atom. The smallest absolute Gasteiger partial charge is 0.316 e. The zero-order valence-corrected chi connectivity index (χ0v) is 20.0. The van der Waals surface area contributed by atoms with Crippen LogP contribution in [0.25, 0.3) is 0 Å². The molecule has 4 aromatic carbocycles. The first-order chi connectivity index (χ1) is 17.2. The van der Waals surface area contributed by atoms with Gasteiger partial charge in [-0.05, 0) is 34.9 Å². The monoisotopic (exact) mass is 482 g/mol. The third kappa shape index (κ3) is 5.52. The van der Waals surface area contributed by atoms with Gasteiger partial charge in [-0.25, -0.2) is 0 Å². The third-order valence-corrected chi connectivity index (χ3v) is 7.20. The second-order valence-corrected chi connectivity index (χ2v) is 9.58. The minimum absolute atomic E-state index is 0.0941. The van der Waals surface area contributed by atoms with Crippen molar-refractivity contribution in [2.75, 3.05) is 12.4 Å². The normalized spacial score (nSPS) is 16.7. The van der Waals surface area contributed by atoms with E-state index < -0.39 is 0 Å². The fourth-order valence-electron chi connectivity index (χ4n) is 4.49. The van der Waals surface area contributed by atoms with E-state index in [0.717, 1.165) is 21.8 Å². The van der Waals surface area contributed by atoms with E-state index in [1.54, 1.807) is 12.1 Å². The van der Waals surface area contributed by atoms with Crippen LogP contribution in [0, 0.1) is 0 Å². The quantitative estimate of drug-likeness (QED) is 0.240. The Morgan fingerprint density at radius 1 is 0.886 bits per heavy atom. The van der Waals surface area contributed by atoms with Crippen molar-refractivity contribution < 1.29 is 19.4 Å². The zero-order valence-electron chi connectivity index (χ0n) is 19.2. The molecule has 0 amide bonds. The summed E-state index contributed by atoms with van der Waals surface area (Å²) in [5.74, 6) is 1.20. The van der Waals surface area contributed by atoms with Gasteiger partial charge in [0.15, 0.2) is 0 Å². The van der Waals surface area contributed by atoms with E-state index in [0.29, 0.717) is 13.2 Å². The molecule has 35 heavy (non-hydrogen) atoms. The molecule has 0 fully saturated rings. The minimum atomic E-state index is -0.231. The van der Waals surface area contributed by atoms with Gasteiger partial charge in [0.25, 0.3) is 0 Å². The van der Waals surface area contributed by atoms with Gasteiger partial charge >= 0.3 is 5.97 Å². The Bertz CT molecular complexity index is 1270. The van der Waals surface area contributed by atoms with Crippen LogP contribution in [-0.4, -0.2) is 23.4 Å². The molecule has 0 unspecified atom stereocenters. The SMILES string of the molecule is O=C(CSc1ccc([C@@H]2c3ccc(O)cc3OC[C@@H]2c2ccccc2)cc1)OCc1ccccc1. The lowest BCUT2D eigenvalue weighted by Gasteiger charge is -2.34. The van der Waals surface area contributed by atoms with E-state index in [1.807, 2.05) is 42.5 Å². The van der Waals surface area contributed by atoms with Crippen molar-refractivity contribution in [2.24, 2.45) is 0 Å². The molecule has 0 bridgehead atoms. The van der Waals surface area contributed by atoms with E-state index in [-0.39, 0.29) is 29.3 Å². The molecular weight excluding hydrogens is 456 g/mol. The van der Waals surface area contributed by atoms with Crippen molar-refractivity contribution in [3.05, 3.63) is 125 Å². The summed E-state index contributed by atoms with van der Waals surface area (Å²) in [6, 6.07) is 33.8.